The van der Waals surface area contributed by atoms with Gasteiger partial charge in [-0.25, -0.2) is 9.07 Å². The van der Waals surface area contributed by atoms with Crippen LogP contribution < -0.4 is 0 Å². The molecule has 1 atom stereocenters. The van der Waals surface area contributed by atoms with Crippen molar-refractivity contribution in [2.75, 3.05) is 26.2 Å². The molecule has 2 aromatic carbocycles. The van der Waals surface area contributed by atoms with Gasteiger partial charge in [0.1, 0.15) is 11.9 Å². The zero-order valence-corrected chi connectivity index (χ0v) is 19.2. The van der Waals surface area contributed by atoms with Gasteiger partial charge in [0.15, 0.2) is 5.69 Å². The standard InChI is InChI=1S/C25H26FN5O3/c1-16-3-4-19(13-17(16)2)24(32)29-9-11-30(12-10-29)25(33)23-21-15-34-22(14-31(21)28-27-23)18-5-7-20(26)8-6-18/h3-8,13,22H,9-12,14-15H2,1-2H3. The smallest absolute Gasteiger partial charge is 0.276 e. The molecular weight excluding hydrogens is 437 g/mol. The Labute approximate surface area is 196 Å². The van der Waals surface area contributed by atoms with Crippen LogP contribution in [0.25, 0.3) is 0 Å². The molecule has 8 nitrogen and oxygen atoms in total. The highest BCUT2D eigenvalue weighted by Gasteiger charge is 2.32. The molecule has 2 aliphatic heterocycles. The Morgan fingerprint density at radius 2 is 1.62 bits per heavy atom. The van der Waals surface area contributed by atoms with E-state index in [9.17, 15) is 14.0 Å². The number of benzene rings is 2. The summed E-state index contributed by atoms with van der Waals surface area (Å²) in [6, 6.07) is 11.9. The van der Waals surface area contributed by atoms with Crippen molar-refractivity contribution in [3.05, 3.63) is 81.9 Å². The molecule has 5 rings (SSSR count). The second kappa shape index (κ2) is 8.98. The van der Waals surface area contributed by atoms with E-state index in [1.54, 1.807) is 26.6 Å². The van der Waals surface area contributed by atoms with E-state index in [1.807, 2.05) is 32.0 Å². The second-order valence-electron chi connectivity index (χ2n) is 8.80. The molecule has 1 fully saturated rings. The van der Waals surface area contributed by atoms with Crippen LogP contribution in [0.5, 0.6) is 0 Å². The van der Waals surface area contributed by atoms with Crippen LogP contribution in [0, 0.1) is 19.7 Å². The molecule has 0 bridgehead atoms. The lowest BCUT2D eigenvalue weighted by Crippen LogP contribution is -2.50. The van der Waals surface area contributed by atoms with Crippen LogP contribution in [0.15, 0.2) is 42.5 Å². The zero-order chi connectivity index (χ0) is 23.8. The molecule has 2 aliphatic rings. The van der Waals surface area contributed by atoms with Gasteiger partial charge in [-0.3, -0.25) is 9.59 Å². The van der Waals surface area contributed by atoms with E-state index in [0.717, 1.165) is 16.7 Å². The molecule has 3 aromatic rings. The van der Waals surface area contributed by atoms with Crippen molar-refractivity contribution in [2.45, 2.75) is 33.1 Å². The number of amides is 2. The van der Waals surface area contributed by atoms with E-state index in [4.69, 9.17) is 4.74 Å². The van der Waals surface area contributed by atoms with E-state index in [0.29, 0.717) is 44.0 Å². The van der Waals surface area contributed by atoms with Gasteiger partial charge in [-0.2, -0.15) is 0 Å². The minimum atomic E-state index is -0.301. The Balaban J connectivity index is 1.22. The number of hydrogen-bond acceptors (Lipinski definition) is 5. The Bertz CT molecular complexity index is 1230. The average molecular weight is 464 g/mol. The molecule has 176 valence electrons. The highest BCUT2D eigenvalue weighted by Crippen LogP contribution is 2.27. The summed E-state index contributed by atoms with van der Waals surface area (Å²) in [7, 11) is 0. The molecule has 34 heavy (non-hydrogen) atoms. The van der Waals surface area contributed by atoms with Gasteiger partial charge in [-0.05, 0) is 54.8 Å². The number of carbonyl (C=O) groups is 2. The fourth-order valence-electron chi connectivity index (χ4n) is 4.38. The highest BCUT2D eigenvalue weighted by molar-refractivity contribution is 5.95. The summed E-state index contributed by atoms with van der Waals surface area (Å²) in [5.74, 6) is -0.524. The molecule has 1 unspecified atom stereocenters. The molecule has 0 spiro atoms. The van der Waals surface area contributed by atoms with Crippen LogP contribution in [-0.4, -0.2) is 62.8 Å². The summed E-state index contributed by atoms with van der Waals surface area (Å²) in [5.41, 5.74) is 4.67. The normalized spacial score (nSPS) is 18.0. The fourth-order valence-corrected chi connectivity index (χ4v) is 4.38. The number of piperazine rings is 1. The van der Waals surface area contributed by atoms with E-state index < -0.39 is 0 Å². The van der Waals surface area contributed by atoms with Crippen LogP contribution in [0.1, 0.15) is 49.3 Å². The summed E-state index contributed by atoms with van der Waals surface area (Å²) in [6.45, 7) is 6.40. The Morgan fingerprint density at radius 1 is 0.941 bits per heavy atom. The van der Waals surface area contributed by atoms with Crippen LogP contribution in [0.2, 0.25) is 0 Å². The minimum absolute atomic E-state index is 0.0172. The Kier molecular flexibility index (Phi) is 5.87. The van der Waals surface area contributed by atoms with Gasteiger partial charge >= 0.3 is 0 Å². The molecule has 3 heterocycles. The number of ether oxygens (including phenoxy) is 1. The number of nitrogens with zero attached hydrogens (tertiary/aromatic N) is 5. The first kappa shape index (κ1) is 22.2. The first-order valence-corrected chi connectivity index (χ1v) is 11.4. The molecule has 0 aliphatic carbocycles. The number of carbonyl (C=O) groups excluding carboxylic acids is 2. The Morgan fingerprint density at radius 3 is 2.29 bits per heavy atom. The van der Waals surface area contributed by atoms with Gasteiger partial charge in [-0.1, -0.05) is 23.4 Å². The van der Waals surface area contributed by atoms with E-state index in [1.165, 1.54) is 12.1 Å². The number of halogens is 1. The summed E-state index contributed by atoms with van der Waals surface area (Å²) >= 11 is 0. The summed E-state index contributed by atoms with van der Waals surface area (Å²) in [4.78, 5) is 29.5. The molecule has 1 aromatic heterocycles. The van der Waals surface area contributed by atoms with E-state index in [2.05, 4.69) is 10.3 Å². The lowest BCUT2D eigenvalue weighted by atomic mass is 10.1. The van der Waals surface area contributed by atoms with Crippen molar-refractivity contribution < 1.29 is 18.7 Å². The molecule has 2 amide bonds. The van der Waals surface area contributed by atoms with Gasteiger partial charge in [0, 0.05) is 31.7 Å². The lowest BCUT2D eigenvalue weighted by Gasteiger charge is -2.34. The van der Waals surface area contributed by atoms with Crippen molar-refractivity contribution in [1.82, 2.24) is 24.8 Å². The number of rotatable bonds is 3. The van der Waals surface area contributed by atoms with Crippen molar-refractivity contribution in [2.24, 2.45) is 0 Å². The predicted molar refractivity (Wildman–Crippen MR) is 122 cm³/mol. The van der Waals surface area contributed by atoms with Gasteiger partial charge in [0.2, 0.25) is 0 Å². The van der Waals surface area contributed by atoms with Crippen LogP contribution in [-0.2, 0) is 17.9 Å². The second-order valence-corrected chi connectivity index (χ2v) is 8.80. The van der Waals surface area contributed by atoms with Crippen molar-refractivity contribution in [3.8, 4) is 0 Å². The van der Waals surface area contributed by atoms with Crippen molar-refractivity contribution in [1.29, 1.82) is 0 Å². The summed E-state index contributed by atoms with van der Waals surface area (Å²) < 4.78 is 20.8. The summed E-state index contributed by atoms with van der Waals surface area (Å²) in [6.07, 6.45) is -0.280. The van der Waals surface area contributed by atoms with Gasteiger partial charge in [0.25, 0.3) is 11.8 Å². The predicted octanol–water partition coefficient (Wildman–Crippen LogP) is 2.90. The van der Waals surface area contributed by atoms with Gasteiger partial charge in [-0.15, -0.1) is 5.10 Å². The van der Waals surface area contributed by atoms with E-state index >= 15 is 0 Å². The Hall–Kier alpha value is -3.59. The quantitative estimate of drug-likeness (QED) is 0.597. The first-order chi connectivity index (χ1) is 16.4. The van der Waals surface area contributed by atoms with Crippen molar-refractivity contribution in [3.63, 3.8) is 0 Å². The van der Waals surface area contributed by atoms with Gasteiger partial charge < -0.3 is 14.5 Å². The number of hydrogen-bond donors (Lipinski definition) is 0. The SMILES string of the molecule is Cc1ccc(C(=O)N2CCN(C(=O)c3nnn4c3COC(c3ccc(F)cc3)C4)CC2)cc1C. The number of fused-ring (bicyclic) bond motifs is 1. The average Bonchev–Trinajstić information content (AvgIpc) is 3.29. The highest BCUT2D eigenvalue weighted by atomic mass is 19.1. The molecular formula is C25H26FN5O3. The maximum atomic E-state index is 13.2. The summed E-state index contributed by atoms with van der Waals surface area (Å²) in [5, 5.41) is 8.30. The number of aryl methyl sites for hydroxylation is 2. The maximum Gasteiger partial charge on any atom is 0.276 e. The topological polar surface area (TPSA) is 80.6 Å². The van der Waals surface area contributed by atoms with Crippen molar-refractivity contribution >= 4 is 11.8 Å². The third-order valence-corrected chi connectivity index (χ3v) is 6.65. The third-order valence-electron chi connectivity index (χ3n) is 6.65. The molecule has 0 N–H and O–H groups in total. The molecule has 9 heteroatoms. The van der Waals surface area contributed by atoms with Gasteiger partial charge in [0.05, 0.1) is 18.8 Å². The maximum absolute atomic E-state index is 13.2. The van der Waals surface area contributed by atoms with Crippen LogP contribution in [0.4, 0.5) is 4.39 Å². The van der Waals surface area contributed by atoms with Crippen LogP contribution in [0.3, 0.4) is 0 Å². The fraction of sp³-hybridized carbons (Fsp3) is 0.360. The minimum Gasteiger partial charge on any atom is -0.365 e. The van der Waals surface area contributed by atoms with E-state index in [-0.39, 0.29) is 36.0 Å². The zero-order valence-electron chi connectivity index (χ0n) is 19.2. The third kappa shape index (κ3) is 4.19. The first-order valence-electron chi connectivity index (χ1n) is 11.4. The largest absolute Gasteiger partial charge is 0.365 e. The molecule has 0 saturated carbocycles. The monoisotopic (exact) mass is 463 g/mol. The van der Waals surface area contributed by atoms with Crippen LogP contribution >= 0.6 is 0 Å². The number of aromatic nitrogens is 3. The lowest BCUT2D eigenvalue weighted by molar-refractivity contribution is -0.00206. The molecule has 1 saturated heterocycles. The molecule has 0 radical (unpaired) electrons.